The van der Waals surface area contributed by atoms with E-state index in [9.17, 15) is 4.79 Å². The van der Waals surface area contributed by atoms with Crippen LogP contribution in [0.2, 0.25) is 0 Å². The second-order valence-corrected chi connectivity index (χ2v) is 6.12. The molecule has 0 unspecified atom stereocenters. The molecule has 0 spiro atoms. The first-order valence-electron chi connectivity index (χ1n) is 7.56. The van der Waals surface area contributed by atoms with Crippen molar-refractivity contribution >= 4 is 33.6 Å². The van der Waals surface area contributed by atoms with Gasteiger partial charge in [0, 0.05) is 16.2 Å². The van der Waals surface area contributed by atoms with Crippen LogP contribution in [0.1, 0.15) is 24.5 Å². The first-order chi connectivity index (χ1) is 11.1. The average Bonchev–Trinajstić information content (AvgIpc) is 2.54. The third-order valence-corrected chi connectivity index (χ3v) is 3.72. The zero-order valence-corrected chi connectivity index (χ0v) is 14.9. The summed E-state index contributed by atoms with van der Waals surface area (Å²) in [6.45, 7) is 4.74. The largest absolute Gasteiger partial charge is 0.494 e. The van der Waals surface area contributed by atoms with E-state index in [0.29, 0.717) is 6.61 Å². The van der Waals surface area contributed by atoms with Gasteiger partial charge in [-0.1, -0.05) is 35.0 Å². The summed E-state index contributed by atoms with van der Waals surface area (Å²) in [5, 5.41) is 2.88. The fraction of sp³-hybridized carbons (Fsp3) is 0.211. The Hall–Kier alpha value is -2.07. The highest BCUT2D eigenvalue weighted by atomic mass is 79.9. The molecule has 0 atom stereocenters. The number of carbonyl (C=O) groups is 1. The zero-order chi connectivity index (χ0) is 16.7. The molecule has 1 amide bonds. The van der Waals surface area contributed by atoms with Crippen molar-refractivity contribution in [2.75, 3.05) is 11.9 Å². The number of benzene rings is 2. The Labute approximate surface area is 145 Å². The molecule has 0 saturated carbocycles. The lowest BCUT2D eigenvalue weighted by molar-refractivity contribution is -0.111. The molecule has 0 aromatic heterocycles. The van der Waals surface area contributed by atoms with Gasteiger partial charge in [0.2, 0.25) is 5.91 Å². The van der Waals surface area contributed by atoms with Gasteiger partial charge >= 0.3 is 0 Å². The van der Waals surface area contributed by atoms with Crippen molar-refractivity contribution in [3.8, 4) is 5.75 Å². The average molecular weight is 374 g/mol. The lowest BCUT2D eigenvalue weighted by atomic mass is 10.2. The maximum absolute atomic E-state index is 12.0. The van der Waals surface area contributed by atoms with Gasteiger partial charge in [-0.3, -0.25) is 4.79 Å². The van der Waals surface area contributed by atoms with Crippen molar-refractivity contribution in [1.82, 2.24) is 0 Å². The Kier molecular flexibility index (Phi) is 6.41. The van der Waals surface area contributed by atoms with E-state index in [-0.39, 0.29) is 5.91 Å². The van der Waals surface area contributed by atoms with Crippen LogP contribution < -0.4 is 10.1 Å². The van der Waals surface area contributed by atoms with Gasteiger partial charge in [0.05, 0.1) is 6.61 Å². The van der Waals surface area contributed by atoms with E-state index >= 15 is 0 Å². The Morgan fingerprint density at radius 2 is 1.96 bits per heavy atom. The number of anilines is 1. The van der Waals surface area contributed by atoms with Crippen LogP contribution in [0, 0.1) is 6.92 Å². The van der Waals surface area contributed by atoms with E-state index in [4.69, 9.17) is 4.74 Å². The number of hydrogen-bond acceptors (Lipinski definition) is 2. The normalized spacial score (nSPS) is 10.7. The summed E-state index contributed by atoms with van der Waals surface area (Å²) in [5.74, 6) is 0.695. The minimum Gasteiger partial charge on any atom is -0.494 e. The van der Waals surface area contributed by atoms with Crippen molar-refractivity contribution < 1.29 is 9.53 Å². The van der Waals surface area contributed by atoms with Gasteiger partial charge in [0.1, 0.15) is 5.75 Å². The molecule has 0 aliphatic carbocycles. The fourth-order valence-electron chi connectivity index (χ4n) is 2.01. The topological polar surface area (TPSA) is 38.3 Å². The summed E-state index contributed by atoms with van der Waals surface area (Å²) in [4.78, 5) is 12.0. The van der Waals surface area contributed by atoms with Gasteiger partial charge in [-0.15, -0.1) is 0 Å². The minimum atomic E-state index is -0.151. The minimum absolute atomic E-state index is 0.151. The third-order valence-electron chi connectivity index (χ3n) is 3.23. The number of aryl methyl sites for hydroxylation is 1. The first-order valence-corrected chi connectivity index (χ1v) is 8.36. The second-order valence-electron chi connectivity index (χ2n) is 5.20. The van der Waals surface area contributed by atoms with Crippen molar-refractivity contribution in [3.63, 3.8) is 0 Å². The van der Waals surface area contributed by atoms with E-state index in [1.807, 2.05) is 49.4 Å². The number of hydrogen-bond donors (Lipinski definition) is 1. The maximum Gasteiger partial charge on any atom is 0.248 e. The van der Waals surface area contributed by atoms with E-state index in [2.05, 4.69) is 28.2 Å². The number of rotatable bonds is 6. The molecule has 2 aromatic rings. The third kappa shape index (κ3) is 5.57. The predicted octanol–water partition coefficient (Wildman–Crippen LogP) is 5.20. The quantitative estimate of drug-likeness (QED) is 0.706. The molecule has 2 rings (SSSR count). The molecule has 0 radical (unpaired) electrons. The number of ether oxygens (including phenoxy) is 1. The molecular formula is C19H20BrNO2. The highest BCUT2D eigenvalue weighted by Crippen LogP contribution is 2.20. The van der Waals surface area contributed by atoms with Crippen LogP contribution in [-0.2, 0) is 4.79 Å². The lowest BCUT2D eigenvalue weighted by Gasteiger charge is -2.06. The first kappa shape index (κ1) is 17.3. The van der Waals surface area contributed by atoms with Gasteiger partial charge in [0.15, 0.2) is 0 Å². The Bertz CT molecular complexity index is 693. The molecule has 3 nitrogen and oxygen atoms in total. The summed E-state index contributed by atoms with van der Waals surface area (Å²) in [6.07, 6.45) is 4.30. The van der Waals surface area contributed by atoms with Crippen LogP contribution >= 0.6 is 15.9 Å². The van der Waals surface area contributed by atoms with Crippen LogP contribution in [0.4, 0.5) is 5.69 Å². The molecule has 120 valence electrons. The van der Waals surface area contributed by atoms with Gasteiger partial charge in [-0.05, 0) is 60.9 Å². The van der Waals surface area contributed by atoms with Crippen LogP contribution in [0.5, 0.6) is 5.75 Å². The van der Waals surface area contributed by atoms with Crippen molar-refractivity contribution in [2.45, 2.75) is 20.3 Å². The van der Waals surface area contributed by atoms with E-state index in [1.54, 1.807) is 6.08 Å². The second kappa shape index (κ2) is 8.53. The Balaban J connectivity index is 1.95. The number of carbonyl (C=O) groups excluding carboxylic acids is 1. The summed E-state index contributed by atoms with van der Waals surface area (Å²) in [6, 6.07) is 13.4. The zero-order valence-electron chi connectivity index (χ0n) is 13.3. The van der Waals surface area contributed by atoms with E-state index < -0.39 is 0 Å². The van der Waals surface area contributed by atoms with Gasteiger partial charge < -0.3 is 10.1 Å². The maximum atomic E-state index is 12.0. The van der Waals surface area contributed by atoms with Crippen molar-refractivity contribution in [1.29, 1.82) is 0 Å². The molecule has 0 saturated heterocycles. The van der Waals surface area contributed by atoms with Crippen LogP contribution in [0.25, 0.3) is 6.08 Å². The molecular weight excluding hydrogens is 354 g/mol. The SMILES string of the molecule is CCCOc1ccc(/C=C/C(=O)Nc2ccc(Br)cc2C)cc1. The Morgan fingerprint density at radius 1 is 1.22 bits per heavy atom. The molecule has 23 heavy (non-hydrogen) atoms. The molecule has 0 bridgehead atoms. The summed E-state index contributed by atoms with van der Waals surface area (Å²) in [5.41, 5.74) is 2.78. The molecule has 1 N–H and O–H groups in total. The highest BCUT2D eigenvalue weighted by molar-refractivity contribution is 9.10. The molecule has 4 heteroatoms. The molecule has 0 fully saturated rings. The van der Waals surface area contributed by atoms with E-state index in [0.717, 1.165) is 33.5 Å². The van der Waals surface area contributed by atoms with Gasteiger partial charge in [-0.25, -0.2) is 0 Å². The monoisotopic (exact) mass is 373 g/mol. The standard InChI is InChI=1S/C19H20BrNO2/c1-3-12-23-17-8-4-15(5-9-17)6-11-19(22)21-18-10-7-16(20)13-14(18)2/h4-11,13H,3,12H2,1-2H3,(H,21,22)/b11-6+. The summed E-state index contributed by atoms with van der Waals surface area (Å²) < 4.78 is 6.52. The number of nitrogens with one attached hydrogen (secondary N) is 1. The highest BCUT2D eigenvalue weighted by Gasteiger charge is 2.02. The molecule has 0 aliphatic rings. The lowest BCUT2D eigenvalue weighted by Crippen LogP contribution is -2.08. The van der Waals surface area contributed by atoms with Gasteiger partial charge in [0.25, 0.3) is 0 Å². The number of amides is 1. The van der Waals surface area contributed by atoms with Crippen LogP contribution in [-0.4, -0.2) is 12.5 Å². The van der Waals surface area contributed by atoms with Crippen molar-refractivity contribution in [3.05, 3.63) is 64.1 Å². The van der Waals surface area contributed by atoms with Crippen LogP contribution in [0.15, 0.2) is 53.0 Å². The summed E-state index contributed by atoms with van der Waals surface area (Å²) >= 11 is 3.41. The van der Waals surface area contributed by atoms with Crippen LogP contribution in [0.3, 0.4) is 0 Å². The Morgan fingerprint density at radius 3 is 2.61 bits per heavy atom. The molecule has 2 aromatic carbocycles. The molecule has 0 heterocycles. The van der Waals surface area contributed by atoms with E-state index in [1.165, 1.54) is 6.08 Å². The van der Waals surface area contributed by atoms with Crippen molar-refractivity contribution in [2.24, 2.45) is 0 Å². The predicted molar refractivity (Wildman–Crippen MR) is 98.8 cm³/mol. The molecule has 0 aliphatic heterocycles. The fourth-order valence-corrected chi connectivity index (χ4v) is 2.48. The van der Waals surface area contributed by atoms with Gasteiger partial charge in [-0.2, -0.15) is 0 Å². The number of halogens is 1. The smallest absolute Gasteiger partial charge is 0.248 e. The summed E-state index contributed by atoms with van der Waals surface area (Å²) in [7, 11) is 0.